The first-order valence-electron chi connectivity index (χ1n) is 5.68. The monoisotopic (exact) mass is 259 g/mol. The molecule has 2 rings (SSSR count). The number of nitrogens with one attached hydrogen (secondary N) is 2. The summed E-state index contributed by atoms with van der Waals surface area (Å²) in [7, 11) is 4.94. The Labute approximate surface area is 111 Å². The predicted molar refractivity (Wildman–Crippen MR) is 73.2 cm³/mol. The zero-order valence-corrected chi connectivity index (χ0v) is 11.0. The first-order valence-corrected chi connectivity index (χ1v) is 5.68. The van der Waals surface area contributed by atoms with Crippen LogP contribution in [-0.2, 0) is 0 Å². The fourth-order valence-corrected chi connectivity index (χ4v) is 1.57. The number of hydrogen-bond donors (Lipinski definition) is 2. The Kier molecular flexibility index (Phi) is 4.02. The molecule has 1 aromatic heterocycles. The van der Waals surface area contributed by atoms with E-state index in [1.165, 1.54) is 0 Å². The Morgan fingerprint density at radius 1 is 1.21 bits per heavy atom. The van der Waals surface area contributed by atoms with E-state index in [9.17, 15) is 0 Å². The van der Waals surface area contributed by atoms with Gasteiger partial charge in [-0.15, -0.1) is 0 Å². The molecule has 2 aromatic rings. The Bertz CT molecular complexity index is 560. The third kappa shape index (κ3) is 2.85. The van der Waals surface area contributed by atoms with Crippen molar-refractivity contribution in [1.29, 1.82) is 0 Å². The summed E-state index contributed by atoms with van der Waals surface area (Å²) in [5.41, 5.74) is 0.772. The highest BCUT2D eigenvalue weighted by molar-refractivity contribution is 5.63. The van der Waals surface area contributed by atoms with Crippen LogP contribution in [-0.4, -0.2) is 31.2 Å². The van der Waals surface area contributed by atoms with E-state index < -0.39 is 0 Å². The molecule has 99 valence electrons. The molecule has 0 fully saturated rings. The van der Waals surface area contributed by atoms with Gasteiger partial charge in [-0.2, -0.15) is 4.98 Å². The highest BCUT2D eigenvalue weighted by Gasteiger charge is 2.08. The molecule has 0 bridgehead atoms. The molecule has 1 heterocycles. The van der Waals surface area contributed by atoms with Crippen molar-refractivity contribution < 1.29 is 9.47 Å². The van der Waals surface area contributed by atoms with Crippen LogP contribution < -0.4 is 20.1 Å². The molecule has 0 spiro atoms. The standard InChI is InChI=1S/C13H15N4O2/c1-14-12-11(19-3)8-15-13(17-12)16-9-6-4-5-7-10(9)18-2/h4,6-8H,1-3H3,(H2,14,15,16,17). The molecule has 19 heavy (non-hydrogen) atoms. The van der Waals surface area contributed by atoms with Crippen molar-refractivity contribution in [2.75, 3.05) is 31.9 Å². The second-order valence-electron chi connectivity index (χ2n) is 3.61. The van der Waals surface area contributed by atoms with Gasteiger partial charge >= 0.3 is 0 Å². The molecule has 0 unspecified atom stereocenters. The van der Waals surface area contributed by atoms with Gasteiger partial charge in [0, 0.05) is 7.05 Å². The molecule has 0 saturated heterocycles. The van der Waals surface area contributed by atoms with Crippen LogP contribution in [0.5, 0.6) is 11.5 Å². The number of methoxy groups -OCH3 is 2. The molecule has 0 aliphatic carbocycles. The van der Waals surface area contributed by atoms with E-state index in [1.54, 1.807) is 39.6 Å². The van der Waals surface area contributed by atoms with E-state index in [4.69, 9.17) is 9.47 Å². The molecule has 0 saturated carbocycles. The fourth-order valence-electron chi connectivity index (χ4n) is 1.57. The van der Waals surface area contributed by atoms with E-state index in [1.807, 2.05) is 6.07 Å². The van der Waals surface area contributed by atoms with Crippen LogP contribution in [0, 0.1) is 6.07 Å². The van der Waals surface area contributed by atoms with Crippen LogP contribution in [0.3, 0.4) is 0 Å². The van der Waals surface area contributed by atoms with Crippen molar-refractivity contribution >= 4 is 17.5 Å². The number of anilines is 3. The minimum absolute atomic E-state index is 0.453. The maximum atomic E-state index is 5.23. The fraction of sp³-hybridized carbons (Fsp3) is 0.231. The topological polar surface area (TPSA) is 68.3 Å². The predicted octanol–water partition coefficient (Wildman–Crippen LogP) is 2.08. The van der Waals surface area contributed by atoms with Crippen molar-refractivity contribution in [1.82, 2.24) is 9.97 Å². The van der Waals surface area contributed by atoms with Gasteiger partial charge in [-0.25, -0.2) is 4.98 Å². The molecule has 0 aliphatic heterocycles. The second kappa shape index (κ2) is 5.90. The number of ether oxygens (including phenoxy) is 2. The summed E-state index contributed by atoms with van der Waals surface area (Å²) >= 11 is 0. The molecular weight excluding hydrogens is 244 g/mol. The Balaban J connectivity index is 2.28. The number of nitrogens with zero attached hydrogens (tertiary/aromatic N) is 2. The summed E-state index contributed by atoms with van der Waals surface area (Å²) < 4.78 is 10.4. The molecule has 0 aliphatic rings. The quantitative estimate of drug-likeness (QED) is 0.856. The van der Waals surface area contributed by atoms with Gasteiger partial charge in [0.1, 0.15) is 5.75 Å². The highest BCUT2D eigenvalue weighted by atomic mass is 16.5. The van der Waals surface area contributed by atoms with Crippen LogP contribution in [0.25, 0.3) is 0 Å². The minimum Gasteiger partial charge on any atom is -0.495 e. The smallest absolute Gasteiger partial charge is 0.229 e. The van der Waals surface area contributed by atoms with Crippen LogP contribution >= 0.6 is 0 Å². The summed E-state index contributed by atoms with van der Waals surface area (Å²) in [5.74, 6) is 2.32. The van der Waals surface area contributed by atoms with Crippen molar-refractivity contribution in [3.05, 3.63) is 30.5 Å². The van der Waals surface area contributed by atoms with Crippen molar-refractivity contribution in [2.24, 2.45) is 0 Å². The first kappa shape index (κ1) is 12.9. The van der Waals surface area contributed by atoms with Gasteiger partial charge in [-0.3, -0.25) is 0 Å². The van der Waals surface area contributed by atoms with Crippen LogP contribution in [0.2, 0.25) is 0 Å². The molecule has 6 heteroatoms. The van der Waals surface area contributed by atoms with Gasteiger partial charge in [0.25, 0.3) is 0 Å². The summed E-state index contributed by atoms with van der Waals surface area (Å²) in [6.07, 6.45) is 1.60. The molecule has 1 radical (unpaired) electrons. The number of aromatic nitrogens is 2. The molecule has 0 amide bonds. The first-order chi connectivity index (χ1) is 9.28. The second-order valence-corrected chi connectivity index (χ2v) is 3.61. The summed E-state index contributed by atoms with van der Waals surface area (Å²) in [6, 6.07) is 8.31. The maximum absolute atomic E-state index is 5.23. The zero-order valence-electron chi connectivity index (χ0n) is 11.0. The van der Waals surface area contributed by atoms with Crippen LogP contribution in [0.1, 0.15) is 0 Å². The van der Waals surface area contributed by atoms with Crippen molar-refractivity contribution in [2.45, 2.75) is 0 Å². The summed E-state index contributed by atoms with van der Waals surface area (Å²) in [6.45, 7) is 0. The minimum atomic E-state index is 0.453. The average Bonchev–Trinajstić information content (AvgIpc) is 2.47. The maximum Gasteiger partial charge on any atom is 0.229 e. The third-order valence-electron chi connectivity index (χ3n) is 2.50. The largest absolute Gasteiger partial charge is 0.495 e. The van der Waals surface area contributed by atoms with Crippen LogP contribution in [0.4, 0.5) is 17.5 Å². The number of hydrogen-bond acceptors (Lipinski definition) is 6. The zero-order chi connectivity index (χ0) is 13.7. The van der Waals surface area contributed by atoms with Crippen molar-refractivity contribution in [3.63, 3.8) is 0 Å². The lowest BCUT2D eigenvalue weighted by atomic mass is 10.3. The third-order valence-corrected chi connectivity index (χ3v) is 2.50. The van der Waals surface area contributed by atoms with E-state index in [0.29, 0.717) is 23.3 Å². The molecule has 2 N–H and O–H groups in total. The van der Waals surface area contributed by atoms with Gasteiger partial charge in [-0.05, 0) is 18.2 Å². The SMILES string of the molecule is CNc1nc(Nc2cc[c]cc2OC)ncc1OC. The van der Waals surface area contributed by atoms with Crippen molar-refractivity contribution in [3.8, 4) is 11.5 Å². The van der Waals surface area contributed by atoms with Gasteiger partial charge in [0.05, 0.1) is 26.1 Å². The van der Waals surface area contributed by atoms with Gasteiger partial charge in [0.15, 0.2) is 11.6 Å². The lowest BCUT2D eigenvalue weighted by Gasteiger charge is -2.11. The average molecular weight is 259 g/mol. The Morgan fingerprint density at radius 3 is 2.68 bits per heavy atom. The number of rotatable bonds is 5. The van der Waals surface area contributed by atoms with E-state index in [0.717, 1.165) is 5.69 Å². The lowest BCUT2D eigenvalue weighted by Crippen LogP contribution is -2.03. The Morgan fingerprint density at radius 2 is 2.00 bits per heavy atom. The van der Waals surface area contributed by atoms with Gasteiger partial charge < -0.3 is 20.1 Å². The molecule has 6 nitrogen and oxygen atoms in total. The number of benzene rings is 1. The van der Waals surface area contributed by atoms with Crippen LogP contribution in [0.15, 0.2) is 24.4 Å². The molecular formula is C13H15N4O2. The normalized spacial score (nSPS) is 9.84. The summed E-state index contributed by atoms with van der Waals surface area (Å²) in [5, 5.41) is 6.03. The Hall–Kier alpha value is -2.50. The lowest BCUT2D eigenvalue weighted by molar-refractivity contribution is 0.413. The van der Waals surface area contributed by atoms with Gasteiger partial charge in [0.2, 0.25) is 5.95 Å². The van der Waals surface area contributed by atoms with E-state index >= 15 is 0 Å². The van der Waals surface area contributed by atoms with E-state index in [-0.39, 0.29) is 0 Å². The highest BCUT2D eigenvalue weighted by Crippen LogP contribution is 2.27. The van der Waals surface area contributed by atoms with E-state index in [2.05, 4.69) is 26.7 Å². The molecule has 1 aromatic carbocycles. The molecule has 0 atom stereocenters. The van der Waals surface area contributed by atoms with Gasteiger partial charge in [-0.1, -0.05) is 6.07 Å². The summed E-state index contributed by atoms with van der Waals surface area (Å²) in [4.78, 5) is 8.48.